The van der Waals surface area contributed by atoms with Gasteiger partial charge in [-0.3, -0.25) is 9.10 Å². The van der Waals surface area contributed by atoms with E-state index >= 15 is 0 Å². The lowest BCUT2D eigenvalue weighted by Crippen LogP contribution is -2.41. The van der Waals surface area contributed by atoms with Crippen LogP contribution >= 0.6 is 0 Å². The Bertz CT molecular complexity index is 1040. The van der Waals surface area contributed by atoms with Crippen LogP contribution in [0.25, 0.3) is 0 Å². The van der Waals surface area contributed by atoms with E-state index in [1.165, 1.54) is 25.3 Å². The van der Waals surface area contributed by atoms with Gasteiger partial charge >= 0.3 is 0 Å². The molecule has 0 radical (unpaired) electrons. The minimum atomic E-state index is -3.72. The minimum absolute atomic E-state index is 0.234. The number of ether oxygens (including phenoxy) is 2. The highest BCUT2D eigenvalue weighted by molar-refractivity contribution is 7.92. The number of carbonyl (C=O) groups excluding carboxylic acids is 1. The normalized spacial score (nSPS) is 14.0. The molecule has 30 heavy (non-hydrogen) atoms. The summed E-state index contributed by atoms with van der Waals surface area (Å²) < 4.78 is 36.4. The van der Waals surface area contributed by atoms with E-state index in [1.54, 1.807) is 18.2 Å². The van der Waals surface area contributed by atoms with Crippen LogP contribution in [0.4, 0.5) is 5.69 Å². The van der Waals surface area contributed by atoms with E-state index in [1.807, 2.05) is 13.0 Å². The number of aryl methyl sites for hydroxylation is 2. The van der Waals surface area contributed by atoms with Gasteiger partial charge in [0.25, 0.3) is 0 Å². The molecule has 3 rings (SSSR count). The Hall–Kier alpha value is -2.74. The first-order valence-corrected chi connectivity index (χ1v) is 11.7. The minimum Gasteiger partial charge on any atom is -0.497 e. The number of rotatable bonds is 8. The maximum absolute atomic E-state index is 12.7. The predicted octanol–water partition coefficient (Wildman–Crippen LogP) is 2.84. The zero-order valence-corrected chi connectivity index (χ0v) is 18.6. The smallest absolute Gasteiger partial charge is 0.241 e. The van der Waals surface area contributed by atoms with Crippen LogP contribution in [0.15, 0.2) is 36.4 Å². The number of nitrogens with zero attached hydrogens (tertiary/aromatic N) is 1. The van der Waals surface area contributed by atoms with E-state index in [9.17, 15) is 13.2 Å². The maximum Gasteiger partial charge on any atom is 0.241 e. The number of benzene rings is 2. The lowest BCUT2D eigenvalue weighted by molar-refractivity contribution is -0.120. The predicted molar refractivity (Wildman–Crippen MR) is 117 cm³/mol. The van der Waals surface area contributed by atoms with E-state index < -0.39 is 15.9 Å². The molecule has 162 valence electrons. The van der Waals surface area contributed by atoms with Gasteiger partial charge in [-0.1, -0.05) is 18.2 Å². The summed E-state index contributed by atoms with van der Waals surface area (Å²) in [5.41, 5.74) is 3.99. The molecule has 8 heteroatoms. The van der Waals surface area contributed by atoms with Crippen molar-refractivity contribution in [3.8, 4) is 11.5 Å². The summed E-state index contributed by atoms with van der Waals surface area (Å²) in [6.45, 7) is 1.55. The first kappa shape index (κ1) is 22.0. The molecule has 7 nitrogen and oxygen atoms in total. The molecular weight excluding hydrogens is 404 g/mol. The molecule has 2 aromatic rings. The number of sulfonamides is 1. The van der Waals surface area contributed by atoms with Crippen LogP contribution in [0, 0.1) is 0 Å². The van der Waals surface area contributed by atoms with E-state index in [0.717, 1.165) is 35.4 Å². The highest BCUT2D eigenvalue weighted by Crippen LogP contribution is 2.33. The maximum atomic E-state index is 12.7. The Morgan fingerprint density at radius 1 is 1.10 bits per heavy atom. The van der Waals surface area contributed by atoms with Gasteiger partial charge in [0.05, 0.1) is 32.2 Å². The lowest BCUT2D eigenvalue weighted by Gasteiger charge is -2.25. The monoisotopic (exact) mass is 432 g/mol. The zero-order chi connectivity index (χ0) is 21.9. The van der Waals surface area contributed by atoms with Gasteiger partial charge in [0.1, 0.15) is 18.0 Å². The molecule has 2 aromatic carbocycles. The first-order valence-electron chi connectivity index (χ1n) is 9.83. The number of anilines is 1. The highest BCUT2D eigenvalue weighted by Gasteiger charge is 2.25. The Balaban J connectivity index is 1.78. The second-order valence-corrected chi connectivity index (χ2v) is 9.39. The molecule has 0 fully saturated rings. The Morgan fingerprint density at radius 3 is 2.50 bits per heavy atom. The SMILES string of the molecule is COc1ccc(N(CC(=O)NC(C)c2ccc3c(c2)CCC3)S(C)(=O)=O)c(OC)c1. The van der Waals surface area contributed by atoms with Gasteiger partial charge in [-0.05, 0) is 55.0 Å². The molecule has 0 saturated heterocycles. The lowest BCUT2D eigenvalue weighted by atomic mass is 10.0. The van der Waals surface area contributed by atoms with Gasteiger partial charge in [-0.2, -0.15) is 0 Å². The number of hydrogen-bond donors (Lipinski definition) is 1. The molecule has 0 spiro atoms. The van der Waals surface area contributed by atoms with Gasteiger partial charge in [0.2, 0.25) is 15.9 Å². The van der Waals surface area contributed by atoms with Gasteiger partial charge < -0.3 is 14.8 Å². The summed E-state index contributed by atoms with van der Waals surface area (Å²) >= 11 is 0. The van der Waals surface area contributed by atoms with Crippen molar-refractivity contribution < 1.29 is 22.7 Å². The van der Waals surface area contributed by atoms with Crippen molar-refractivity contribution in [2.45, 2.75) is 32.2 Å². The van der Waals surface area contributed by atoms with Crippen LogP contribution in [-0.4, -0.2) is 41.3 Å². The topological polar surface area (TPSA) is 84.9 Å². The van der Waals surface area contributed by atoms with Crippen molar-refractivity contribution in [3.63, 3.8) is 0 Å². The Labute approximate surface area is 178 Å². The summed E-state index contributed by atoms with van der Waals surface area (Å²) in [6, 6.07) is 10.8. The van der Waals surface area contributed by atoms with Crippen molar-refractivity contribution in [1.29, 1.82) is 0 Å². The number of nitrogens with one attached hydrogen (secondary N) is 1. The third kappa shape index (κ3) is 4.87. The molecule has 1 atom stereocenters. The molecule has 1 amide bonds. The number of methoxy groups -OCH3 is 2. The highest BCUT2D eigenvalue weighted by atomic mass is 32.2. The third-order valence-corrected chi connectivity index (χ3v) is 6.47. The first-order chi connectivity index (χ1) is 14.2. The molecule has 0 heterocycles. The van der Waals surface area contributed by atoms with Crippen molar-refractivity contribution in [2.24, 2.45) is 0 Å². The number of amides is 1. The Morgan fingerprint density at radius 2 is 1.83 bits per heavy atom. The molecule has 1 aliphatic rings. The van der Waals surface area contributed by atoms with Crippen molar-refractivity contribution in [1.82, 2.24) is 5.32 Å². The zero-order valence-electron chi connectivity index (χ0n) is 17.8. The van der Waals surface area contributed by atoms with Crippen LogP contribution < -0.4 is 19.1 Å². The average Bonchev–Trinajstić information content (AvgIpc) is 3.18. The van der Waals surface area contributed by atoms with E-state index in [2.05, 4.69) is 17.4 Å². The van der Waals surface area contributed by atoms with E-state index in [-0.39, 0.29) is 18.3 Å². The van der Waals surface area contributed by atoms with Gasteiger partial charge in [-0.25, -0.2) is 8.42 Å². The van der Waals surface area contributed by atoms with Gasteiger partial charge in [-0.15, -0.1) is 0 Å². The van der Waals surface area contributed by atoms with Crippen LogP contribution in [0.5, 0.6) is 11.5 Å². The number of carbonyl (C=O) groups is 1. The Kier molecular flexibility index (Phi) is 6.55. The molecule has 1 aliphatic carbocycles. The molecule has 1 unspecified atom stereocenters. The molecule has 0 aromatic heterocycles. The number of fused-ring (bicyclic) bond motifs is 1. The van der Waals surface area contributed by atoms with Crippen molar-refractivity contribution in [3.05, 3.63) is 53.1 Å². The van der Waals surface area contributed by atoms with Crippen molar-refractivity contribution in [2.75, 3.05) is 31.3 Å². The third-order valence-electron chi connectivity index (χ3n) is 5.34. The largest absolute Gasteiger partial charge is 0.497 e. The summed E-state index contributed by atoms with van der Waals surface area (Å²) in [5, 5.41) is 2.91. The second-order valence-electron chi connectivity index (χ2n) is 7.48. The van der Waals surface area contributed by atoms with Crippen LogP contribution in [0.2, 0.25) is 0 Å². The second kappa shape index (κ2) is 8.95. The summed E-state index contributed by atoms with van der Waals surface area (Å²) in [5.74, 6) is 0.435. The molecule has 1 N–H and O–H groups in total. The summed E-state index contributed by atoms with van der Waals surface area (Å²) in [6.07, 6.45) is 4.38. The molecule has 0 aliphatic heterocycles. The van der Waals surface area contributed by atoms with Crippen LogP contribution in [0.1, 0.15) is 36.1 Å². The fourth-order valence-corrected chi connectivity index (χ4v) is 4.59. The quantitative estimate of drug-likeness (QED) is 0.693. The summed E-state index contributed by atoms with van der Waals surface area (Å²) in [7, 11) is -0.772. The number of hydrogen-bond acceptors (Lipinski definition) is 5. The van der Waals surface area contributed by atoms with Crippen LogP contribution in [0.3, 0.4) is 0 Å². The van der Waals surface area contributed by atoms with Gasteiger partial charge in [0, 0.05) is 6.07 Å². The standard InChI is InChI=1S/C22H28N2O5S/c1-15(17-9-8-16-6-5-7-18(16)12-17)23-22(25)14-24(30(4,26)27)20-11-10-19(28-2)13-21(20)29-3/h8-13,15H,5-7,14H2,1-4H3,(H,23,25). The molecule has 0 saturated carbocycles. The van der Waals surface area contributed by atoms with Gasteiger partial charge in [0.15, 0.2) is 0 Å². The fourth-order valence-electron chi connectivity index (χ4n) is 3.73. The van der Waals surface area contributed by atoms with E-state index in [0.29, 0.717) is 11.5 Å². The molecular formula is C22H28N2O5S. The summed E-state index contributed by atoms with van der Waals surface area (Å²) in [4.78, 5) is 12.7. The van der Waals surface area contributed by atoms with E-state index in [4.69, 9.17) is 9.47 Å². The fraction of sp³-hybridized carbons (Fsp3) is 0.409. The van der Waals surface area contributed by atoms with Crippen molar-refractivity contribution >= 4 is 21.6 Å². The average molecular weight is 433 g/mol. The van der Waals surface area contributed by atoms with Crippen LogP contribution in [-0.2, 0) is 27.7 Å². The molecule has 0 bridgehead atoms.